The summed E-state index contributed by atoms with van der Waals surface area (Å²) in [7, 11) is 1.57. The van der Waals surface area contributed by atoms with Gasteiger partial charge in [0.05, 0.1) is 7.11 Å². The van der Waals surface area contributed by atoms with Gasteiger partial charge in [0.15, 0.2) is 5.82 Å². The molecule has 0 bridgehead atoms. The minimum atomic E-state index is 0.229. The smallest absolute Gasteiger partial charge is 0.230 e. The molecule has 2 aromatic heterocycles. The third-order valence-electron chi connectivity index (χ3n) is 3.23. The first-order chi connectivity index (χ1) is 9.76. The zero-order valence-electron chi connectivity index (χ0n) is 11.3. The minimum absolute atomic E-state index is 0.229. The van der Waals surface area contributed by atoms with Gasteiger partial charge in [-0.05, 0) is 18.9 Å². The molecule has 3 rings (SSSR count). The highest BCUT2D eigenvalue weighted by Gasteiger charge is 2.17. The average molecular weight is 272 g/mol. The van der Waals surface area contributed by atoms with Crippen molar-refractivity contribution in [2.45, 2.75) is 12.8 Å². The number of rotatable bonds is 3. The summed E-state index contributed by atoms with van der Waals surface area (Å²) in [4.78, 5) is 19.1. The molecule has 104 valence electrons. The molecule has 0 saturated carbocycles. The lowest BCUT2D eigenvalue weighted by Crippen LogP contribution is -2.21. The topological polar surface area (TPSA) is 90.0 Å². The highest BCUT2D eigenvalue weighted by Crippen LogP contribution is 2.22. The van der Waals surface area contributed by atoms with Crippen molar-refractivity contribution in [3.8, 4) is 17.3 Å². The van der Waals surface area contributed by atoms with Gasteiger partial charge < -0.3 is 15.4 Å². The summed E-state index contributed by atoms with van der Waals surface area (Å²) in [5.41, 5.74) is 6.61. The number of pyridine rings is 1. The fourth-order valence-corrected chi connectivity index (χ4v) is 2.23. The van der Waals surface area contributed by atoms with Crippen LogP contribution in [0.1, 0.15) is 12.8 Å². The second-order valence-electron chi connectivity index (χ2n) is 4.60. The molecular formula is C13H16N6O. The van der Waals surface area contributed by atoms with E-state index in [-0.39, 0.29) is 5.95 Å². The van der Waals surface area contributed by atoms with Gasteiger partial charge in [-0.15, -0.1) is 0 Å². The van der Waals surface area contributed by atoms with Crippen molar-refractivity contribution in [3.63, 3.8) is 0 Å². The molecule has 2 N–H and O–H groups in total. The van der Waals surface area contributed by atoms with E-state index in [1.54, 1.807) is 19.4 Å². The van der Waals surface area contributed by atoms with Crippen molar-refractivity contribution < 1.29 is 4.74 Å². The minimum Gasteiger partial charge on any atom is -0.481 e. The average Bonchev–Trinajstić information content (AvgIpc) is 3.01. The van der Waals surface area contributed by atoms with E-state index in [9.17, 15) is 0 Å². The fraction of sp³-hybridized carbons (Fsp3) is 0.385. The summed E-state index contributed by atoms with van der Waals surface area (Å²) in [6.07, 6.45) is 3.97. The van der Waals surface area contributed by atoms with Crippen LogP contribution in [0.15, 0.2) is 18.3 Å². The summed E-state index contributed by atoms with van der Waals surface area (Å²) >= 11 is 0. The second kappa shape index (κ2) is 5.28. The van der Waals surface area contributed by atoms with Gasteiger partial charge in [0.2, 0.25) is 17.8 Å². The van der Waals surface area contributed by atoms with Crippen LogP contribution in [-0.4, -0.2) is 40.1 Å². The molecule has 0 spiro atoms. The molecule has 2 aromatic rings. The highest BCUT2D eigenvalue weighted by molar-refractivity contribution is 5.58. The Balaban J connectivity index is 1.99. The van der Waals surface area contributed by atoms with E-state index < -0.39 is 0 Å². The SMILES string of the molecule is COc1cc(-c2nc(N)nc(N3CCCC3)n2)ccn1. The highest BCUT2D eigenvalue weighted by atomic mass is 16.5. The molecule has 3 heterocycles. The number of methoxy groups -OCH3 is 1. The molecule has 7 nitrogen and oxygen atoms in total. The zero-order valence-corrected chi connectivity index (χ0v) is 11.3. The van der Waals surface area contributed by atoms with Crippen molar-refractivity contribution in [1.29, 1.82) is 0 Å². The van der Waals surface area contributed by atoms with E-state index in [4.69, 9.17) is 10.5 Å². The van der Waals surface area contributed by atoms with Gasteiger partial charge >= 0.3 is 0 Å². The lowest BCUT2D eigenvalue weighted by atomic mass is 10.2. The van der Waals surface area contributed by atoms with Crippen molar-refractivity contribution in [2.75, 3.05) is 30.8 Å². The van der Waals surface area contributed by atoms with Crippen molar-refractivity contribution in [2.24, 2.45) is 0 Å². The molecule has 0 unspecified atom stereocenters. The van der Waals surface area contributed by atoms with Gasteiger partial charge in [-0.1, -0.05) is 0 Å². The Morgan fingerprint density at radius 2 is 2.00 bits per heavy atom. The number of hydrogen-bond acceptors (Lipinski definition) is 7. The quantitative estimate of drug-likeness (QED) is 0.895. The maximum absolute atomic E-state index is 5.80. The first-order valence-corrected chi connectivity index (χ1v) is 6.53. The number of hydrogen-bond donors (Lipinski definition) is 1. The van der Waals surface area contributed by atoms with Crippen LogP contribution in [0.5, 0.6) is 5.88 Å². The Kier molecular flexibility index (Phi) is 3.32. The maximum atomic E-state index is 5.80. The number of nitrogen functional groups attached to an aromatic ring is 1. The third-order valence-corrected chi connectivity index (χ3v) is 3.23. The second-order valence-corrected chi connectivity index (χ2v) is 4.60. The monoisotopic (exact) mass is 272 g/mol. The normalized spacial score (nSPS) is 14.6. The Morgan fingerprint density at radius 1 is 1.20 bits per heavy atom. The Labute approximate surface area is 116 Å². The van der Waals surface area contributed by atoms with Crippen LogP contribution in [0.4, 0.5) is 11.9 Å². The largest absolute Gasteiger partial charge is 0.481 e. The van der Waals surface area contributed by atoms with E-state index in [1.165, 1.54) is 0 Å². The Bertz CT molecular complexity index is 612. The Morgan fingerprint density at radius 3 is 2.75 bits per heavy atom. The number of nitrogens with two attached hydrogens (primary N) is 1. The van der Waals surface area contributed by atoms with Gasteiger partial charge in [0.25, 0.3) is 0 Å². The molecule has 1 fully saturated rings. The molecule has 0 amide bonds. The van der Waals surface area contributed by atoms with Crippen LogP contribution >= 0.6 is 0 Å². The molecule has 7 heteroatoms. The molecule has 20 heavy (non-hydrogen) atoms. The summed E-state index contributed by atoms with van der Waals surface area (Å²) < 4.78 is 5.11. The molecule has 0 radical (unpaired) electrons. The van der Waals surface area contributed by atoms with E-state index >= 15 is 0 Å². The molecule has 1 saturated heterocycles. The summed E-state index contributed by atoms with van der Waals surface area (Å²) in [5.74, 6) is 1.93. The van der Waals surface area contributed by atoms with Crippen molar-refractivity contribution in [3.05, 3.63) is 18.3 Å². The van der Waals surface area contributed by atoms with Crippen LogP contribution in [0.3, 0.4) is 0 Å². The van der Waals surface area contributed by atoms with Crippen molar-refractivity contribution >= 4 is 11.9 Å². The molecule has 1 aliphatic rings. The standard InChI is InChI=1S/C13H16N6O/c1-20-10-8-9(4-5-15-10)11-16-12(14)18-13(17-11)19-6-2-3-7-19/h4-5,8H,2-3,6-7H2,1H3,(H2,14,16,17,18). The van der Waals surface area contributed by atoms with Crippen LogP contribution in [0.2, 0.25) is 0 Å². The number of ether oxygens (including phenoxy) is 1. The van der Waals surface area contributed by atoms with Gasteiger partial charge in [0, 0.05) is 30.9 Å². The molecule has 1 aliphatic heterocycles. The van der Waals surface area contributed by atoms with E-state index in [0.29, 0.717) is 17.7 Å². The van der Waals surface area contributed by atoms with Crippen LogP contribution in [-0.2, 0) is 0 Å². The predicted octanol–water partition coefficient (Wildman–Crippen LogP) is 1.12. The van der Waals surface area contributed by atoms with E-state index in [0.717, 1.165) is 31.5 Å². The first-order valence-electron chi connectivity index (χ1n) is 6.53. The molecule has 0 aliphatic carbocycles. The summed E-state index contributed by atoms with van der Waals surface area (Å²) in [5, 5.41) is 0. The van der Waals surface area contributed by atoms with Crippen LogP contribution in [0.25, 0.3) is 11.4 Å². The van der Waals surface area contributed by atoms with Crippen LogP contribution in [0, 0.1) is 0 Å². The summed E-state index contributed by atoms with van der Waals surface area (Å²) in [6, 6.07) is 3.60. The number of nitrogens with zero attached hydrogens (tertiary/aromatic N) is 5. The number of aromatic nitrogens is 4. The Hall–Kier alpha value is -2.44. The predicted molar refractivity (Wildman–Crippen MR) is 75.5 cm³/mol. The first kappa shape index (κ1) is 12.6. The number of anilines is 2. The van der Waals surface area contributed by atoms with Crippen LogP contribution < -0.4 is 15.4 Å². The third kappa shape index (κ3) is 2.47. The lowest BCUT2D eigenvalue weighted by Gasteiger charge is -2.15. The van der Waals surface area contributed by atoms with E-state index in [1.807, 2.05) is 6.07 Å². The maximum Gasteiger partial charge on any atom is 0.230 e. The zero-order chi connectivity index (χ0) is 13.9. The summed E-state index contributed by atoms with van der Waals surface area (Å²) in [6.45, 7) is 1.92. The lowest BCUT2D eigenvalue weighted by molar-refractivity contribution is 0.398. The van der Waals surface area contributed by atoms with Gasteiger partial charge in [-0.25, -0.2) is 4.98 Å². The van der Waals surface area contributed by atoms with Gasteiger partial charge in [-0.2, -0.15) is 15.0 Å². The molecule has 0 atom stereocenters. The molecular weight excluding hydrogens is 256 g/mol. The van der Waals surface area contributed by atoms with Crippen molar-refractivity contribution in [1.82, 2.24) is 19.9 Å². The fourth-order valence-electron chi connectivity index (χ4n) is 2.23. The van der Waals surface area contributed by atoms with Gasteiger partial charge in [0.1, 0.15) is 0 Å². The van der Waals surface area contributed by atoms with Gasteiger partial charge in [-0.3, -0.25) is 0 Å². The molecule has 0 aromatic carbocycles. The van der Waals surface area contributed by atoms with E-state index in [2.05, 4.69) is 24.8 Å².